The molecule has 2 heterocycles. The van der Waals surface area contributed by atoms with Gasteiger partial charge in [-0.25, -0.2) is 0 Å². The fraction of sp³-hybridized carbons (Fsp3) is 0.382. The standard InChI is InChI=1S/C34H40N6O6S/c1-19(34(43)37-26(14-16-47-6)33-39-38-29-9-7-8-15-40(29)33)35-25-13-11-22-23(18-27(25)42)24(36-20(2)41)12-10-21-17-28(44-3)31(45-4)32(46-5)30(21)22/h7-9,11,13,15,17-19,24,26H,10,12,14,16H2,1-6H3,(H,35,42)(H,36,41)(H,37,43)/t19-,24-,26-/m0/s1. The molecule has 5 rings (SSSR count). The van der Waals surface area contributed by atoms with Crippen molar-refractivity contribution < 1.29 is 23.8 Å². The molecule has 248 valence electrons. The van der Waals surface area contributed by atoms with Gasteiger partial charge in [0.2, 0.25) is 23.0 Å². The van der Waals surface area contributed by atoms with Gasteiger partial charge < -0.3 is 30.2 Å². The lowest BCUT2D eigenvalue weighted by Gasteiger charge is -2.20. The largest absolute Gasteiger partial charge is 0.493 e. The van der Waals surface area contributed by atoms with Crippen LogP contribution in [-0.2, 0) is 16.0 Å². The van der Waals surface area contributed by atoms with Gasteiger partial charge in [0.1, 0.15) is 6.04 Å². The number of ether oxygens (including phenoxy) is 3. The van der Waals surface area contributed by atoms with E-state index in [4.69, 9.17) is 14.2 Å². The molecule has 0 saturated carbocycles. The molecule has 12 nitrogen and oxygen atoms in total. The maximum absolute atomic E-state index is 13.8. The summed E-state index contributed by atoms with van der Waals surface area (Å²) in [6, 6.07) is 10.9. The van der Waals surface area contributed by atoms with Gasteiger partial charge in [-0.3, -0.25) is 18.8 Å². The molecule has 0 spiro atoms. The summed E-state index contributed by atoms with van der Waals surface area (Å²) >= 11 is 1.68. The van der Waals surface area contributed by atoms with E-state index in [1.165, 1.54) is 20.1 Å². The van der Waals surface area contributed by atoms with Crippen molar-refractivity contribution in [3.63, 3.8) is 0 Å². The first-order valence-corrected chi connectivity index (χ1v) is 16.7. The van der Waals surface area contributed by atoms with Crippen LogP contribution < -0.4 is 35.6 Å². The molecule has 0 unspecified atom stereocenters. The van der Waals surface area contributed by atoms with E-state index in [0.717, 1.165) is 16.9 Å². The molecule has 2 aromatic carbocycles. The molecule has 3 N–H and O–H groups in total. The van der Waals surface area contributed by atoms with Gasteiger partial charge in [0.25, 0.3) is 0 Å². The van der Waals surface area contributed by atoms with Gasteiger partial charge in [-0.05, 0) is 85.2 Å². The van der Waals surface area contributed by atoms with Crippen LogP contribution in [0.2, 0.25) is 0 Å². The Morgan fingerprint density at radius 3 is 2.55 bits per heavy atom. The van der Waals surface area contributed by atoms with Crippen LogP contribution in [0, 0.1) is 0 Å². The predicted octanol–water partition coefficient (Wildman–Crippen LogP) is 4.32. The van der Waals surface area contributed by atoms with E-state index in [-0.39, 0.29) is 29.0 Å². The van der Waals surface area contributed by atoms with Crippen LogP contribution in [0.4, 0.5) is 5.69 Å². The third-order valence-electron chi connectivity index (χ3n) is 8.26. The lowest BCUT2D eigenvalue weighted by atomic mass is 9.95. The molecule has 13 heteroatoms. The van der Waals surface area contributed by atoms with Crippen molar-refractivity contribution in [1.82, 2.24) is 25.2 Å². The quantitative estimate of drug-likeness (QED) is 0.201. The molecular formula is C34H40N6O6S. The molecule has 47 heavy (non-hydrogen) atoms. The van der Waals surface area contributed by atoms with Crippen LogP contribution >= 0.6 is 11.8 Å². The Labute approximate surface area is 277 Å². The third-order valence-corrected chi connectivity index (χ3v) is 8.90. The number of anilines is 1. The maximum atomic E-state index is 13.8. The van der Waals surface area contributed by atoms with E-state index < -0.39 is 12.1 Å². The topological polar surface area (TPSA) is 145 Å². The number of rotatable bonds is 12. The van der Waals surface area contributed by atoms with Crippen molar-refractivity contribution in [2.45, 2.75) is 51.2 Å². The van der Waals surface area contributed by atoms with E-state index in [1.807, 2.05) is 47.2 Å². The Kier molecular flexibility index (Phi) is 10.5. The Bertz CT molecular complexity index is 1850. The molecule has 2 aromatic heterocycles. The van der Waals surface area contributed by atoms with Crippen molar-refractivity contribution in [1.29, 1.82) is 0 Å². The number of nitrogens with zero attached hydrogens (tertiary/aromatic N) is 3. The minimum absolute atomic E-state index is 0.215. The van der Waals surface area contributed by atoms with Crippen LogP contribution in [0.1, 0.15) is 55.7 Å². The number of amides is 2. The molecule has 0 fully saturated rings. The third kappa shape index (κ3) is 6.99. The van der Waals surface area contributed by atoms with E-state index in [9.17, 15) is 14.4 Å². The fourth-order valence-corrected chi connectivity index (χ4v) is 6.49. The summed E-state index contributed by atoms with van der Waals surface area (Å²) in [5, 5.41) is 17.9. The highest BCUT2D eigenvalue weighted by atomic mass is 32.2. The molecule has 0 radical (unpaired) electrons. The first kappa shape index (κ1) is 33.6. The molecule has 0 saturated heterocycles. The molecule has 1 aliphatic carbocycles. The van der Waals surface area contributed by atoms with Gasteiger partial charge in [-0.1, -0.05) is 12.1 Å². The number of pyridine rings is 1. The van der Waals surface area contributed by atoms with Crippen molar-refractivity contribution in [2.75, 3.05) is 38.7 Å². The monoisotopic (exact) mass is 660 g/mol. The summed E-state index contributed by atoms with van der Waals surface area (Å²) in [6.45, 7) is 3.16. The van der Waals surface area contributed by atoms with E-state index in [0.29, 0.717) is 59.1 Å². The summed E-state index contributed by atoms with van der Waals surface area (Å²) in [5.41, 5.74) is 3.60. The molecule has 2 amide bonds. The van der Waals surface area contributed by atoms with Crippen LogP contribution in [0.5, 0.6) is 17.2 Å². The van der Waals surface area contributed by atoms with Gasteiger partial charge in [0.15, 0.2) is 23.0 Å². The van der Waals surface area contributed by atoms with E-state index in [1.54, 1.807) is 39.0 Å². The molecule has 0 bridgehead atoms. The second kappa shape index (κ2) is 14.8. The van der Waals surface area contributed by atoms with Gasteiger partial charge in [0, 0.05) is 18.7 Å². The van der Waals surface area contributed by atoms with Gasteiger partial charge in [-0.15, -0.1) is 10.2 Å². The number of thioether (sulfide) groups is 1. The molecule has 4 aromatic rings. The first-order valence-electron chi connectivity index (χ1n) is 15.3. The number of carbonyl (C=O) groups excluding carboxylic acids is 2. The number of fused-ring (bicyclic) bond motifs is 4. The lowest BCUT2D eigenvalue weighted by Crippen LogP contribution is -2.41. The SMILES string of the molecule is COc1cc2c(c(OC)c1OC)-c1ccc(N[C@@H](C)C(=O)N[C@@H](CCSC)c3nnc4ccccn34)c(=O)cc1[C@@H](NC(C)=O)CC2. The smallest absolute Gasteiger partial charge is 0.242 e. The Balaban J connectivity index is 1.51. The van der Waals surface area contributed by atoms with Crippen molar-refractivity contribution >= 4 is 34.9 Å². The average molecular weight is 661 g/mol. The Hall–Kier alpha value is -4.78. The number of methoxy groups -OCH3 is 3. The summed E-state index contributed by atoms with van der Waals surface area (Å²) in [7, 11) is 4.65. The number of carbonyl (C=O) groups is 2. The molecule has 0 aliphatic heterocycles. The predicted molar refractivity (Wildman–Crippen MR) is 183 cm³/mol. The second-order valence-electron chi connectivity index (χ2n) is 11.3. The minimum Gasteiger partial charge on any atom is -0.493 e. The molecule has 1 aliphatic rings. The zero-order valence-corrected chi connectivity index (χ0v) is 28.2. The van der Waals surface area contributed by atoms with Gasteiger partial charge in [0.05, 0.1) is 39.1 Å². The Morgan fingerprint density at radius 1 is 1.06 bits per heavy atom. The highest BCUT2D eigenvalue weighted by Gasteiger charge is 2.30. The van der Waals surface area contributed by atoms with Crippen molar-refractivity contribution in [2.24, 2.45) is 0 Å². The van der Waals surface area contributed by atoms with Crippen LogP contribution in [0.25, 0.3) is 16.8 Å². The summed E-state index contributed by atoms with van der Waals surface area (Å²) in [6.07, 6.45) is 5.65. The lowest BCUT2D eigenvalue weighted by molar-refractivity contribution is -0.122. The normalized spacial score (nSPS) is 15.0. The Morgan fingerprint density at radius 2 is 1.85 bits per heavy atom. The highest BCUT2D eigenvalue weighted by Crippen LogP contribution is 2.50. The van der Waals surface area contributed by atoms with E-state index >= 15 is 0 Å². The summed E-state index contributed by atoms with van der Waals surface area (Å²) < 4.78 is 19.0. The summed E-state index contributed by atoms with van der Waals surface area (Å²) in [5.74, 6) is 2.33. The fourth-order valence-electron chi connectivity index (χ4n) is 6.02. The number of nitrogens with one attached hydrogen (secondary N) is 3. The van der Waals surface area contributed by atoms with Crippen molar-refractivity contribution in [3.05, 3.63) is 75.8 Å². The van der Waals surface area contributed by atoms with Crippen molar-refractivity contribution in [3.8, 4) is 28.4 Å². The van der Waals surface area contributed by atoms with Gasteiger partial charge >= 0.3 is 0 Å². The molecule has 3 atom stereocenters. The van der Waals surface area contributed by atoms with Crippen LogP contribution in [-0.4, -0.2) is 65.8 Å². The van der Waals surface area contributed by atoms with E-state index in [2.05, 4.69) is 26.1 Å². The zero-order valence-electron chi connectivity index (χ0n) is 27.4. The highest BCUT2D eigenvalue weighted by molar-refractivity contribution is 7.98. The number of aromatic nitrogens is 3. The van der Waals surface area contributed by atoms with Crippen LogP contribution in [0.3, 0.4) is 0 Å². The average Bonchev–Trinajstić information content (AvgIpc) is 3.36. The number of hydrogen-bond acceptors (Lipinski definition) is 10. The number of hydrogen-bond donors (Lipinski definition) is 3. The maximum Gasteiger partial charge on any atom is 0.242 e. The van der Waals surface area contributed by atoms with Gasteiger partial charge in [-0.2, -0.15) is 11.8 Å². The minimum atomic E-state index is -0.766. The first-order chi connectivity index (χ1) is 22.7. The van der Waals surface area contributed by atoms with Crippen LogP contribution in [0.15, 0.2) is 53.5 Å². The number of benzene rings is 1. The second-order valence-corrected chi connectivity index (χ2v) is 12.3. The molecular weight excluding hydrogens is 620 g/mol. The number of aryl methyl sites for hydroxylation is 1. The summed E-state index contributed by atoms with van der Waals surface area (Å²) in [4.78, 5) is 39.6. The zero-order chi connectivity index (χ0) is 33.7.